The third-order valence-corrected chi connectivity index (χ3v) is 5.33. The minimum Gasteiger partial charge on any atom is -0.352 e. The Kier molecular flexibility index (Phi) is 8.54. The average Bonchev–Trinajstić information content (AvgIpc) is 2.64. The number of halogens is 2. The summed E-state index contributed by atoms with van der Waals surface area (Å²) < 4.78 is 0. The Hall–Kier alpha value is -2.04. The van der Waals surface area contributed by atoms with E-state index in [1.54, 1.807) is 23.1 Å². The van der Waals surface area contributed by atoms with E-state index >= 15 is 0 Å². The SMILES string of the molecule is CCC(C(=O)NC(C)C)N(Cc1cccc(C)c1)C(=O)Cc1ccc(Cl)c(Cl)c1. The molecule has 0 bridgehead atoms. The van der Waals surface area contributed by atoms with Gasteiger partial charge in [-0.15, -0.1) is 0 Å². The molecule has 0 radical (unpaired) electrons. The van der Waals surface area contributed by atoms with Crippen molar-refractivity contribution in [2.45, 2.75) is 59.2 Å². The summed E-state index contributed by atoms with van der Waals surface area (Å²) >= 11 is 12.1. The fourth-order valence-corrected chi connectivity index (χ4v) is 3.55. The minimum absolute atomic E-state index is 0.00236. The van der Waals surface area contributed by atoms with Crippen LogP contribution in [0.25, 0.3) is 0 Å². The fourth-order valence-electron chi connectivity index (χ4n) is 3.23. The van der Waals surface area contributed by atoms with Gasteiger partial charge in [-0.3, -0.25) is 9.59 Å². The molecule has 4 nitrogen and oxygen atoms in total. The monoisotopic (exact) mass is 434 g/mol. The highest BCUT2D eigenvalue weighted by Gasteiger charge is 2.29. The average molecular weight is 435 g/mol. The molecule has 0 fully saturated rings. The number of hydrogen-bond donors (Lipinski definition) is 1. The lowest BCUT2D eigenvalue weighted by atomic mass is 10.1. The number of amides is 2. The summed E-state index contributed by atoms with van der Waals surface area (Å²) in [6.45, 7) is 8.11. The van der Waals surface area contributed by atoms with Crippen LogP contribution in [0.3, 0.4) is 0 Å². The first kappa shape index (κ1) is 23.2. The Morgan fingerprint density at radius 2 is 1.76 bits per heavy atom. The Bertz CT molecular complexity index is 868. The maximum Gasteiger partial charge on any atom is 0.243 e. The molecular weight excluding hydrogens is 407 g/mol. The van der Waals surface area contributed by atoms with Crippen LogP contribution in [-0.2, 0) is 22.6 Å². The fraction of sp³-hybridized carbons (Fsp3) is 0.391. The van der Waals surface area contributed by atoms with Crippen LogP contribution in [0.2, 0.25) is 10.0 Å². The molecule has 2 aromatic rings. The van der Waals surface area contributed by atoms with Crippen LogP contribution in [-0.4, -0.2) is 28.8 Å². The largest absolute Gasteiger partial charge is 0.352 e. The van der Waals surface area contributed by atoms with Gasteiger partial charge in [0.05, 0.1) is 16.5 Å². The zero-order chi connectivity index (χ0) is 21.6. The molecule has 1 atom stereocenters. The molecule has 29 heavy (non-hydrogen) atoms. The van der Waals surface area contributed by atoms with Crippen LogP contribution in [0.1, 0.15) is 43.9 Å². The van der Waals surface area contributed by atoms with Crippen LogP contribution >= 0.6 is 23.2 Å². The number of hydrogen-bond acceptors (Lipinski definition) is 2. The lowest BCUT2D eigenvalue weighted by molar-refractivity contribution is -0.141. The van der Waals surface area contributed by atoms with Crippen molar-refractivity contribution in [3.05, 3.63) is 69.2 Å². The van der Waals surface area contributed by atoms with Gasteiger partial charge < -0.3 is 10.2 Å². The zero-order valence-electron chi connectivity index (χ0n) is 17.3. The second-order valence-electron chi connectivity index (χ2n) is 7.52. The van der Waals surface area contributed by atoms with Crippen LogP contribution in [0.5, 0.6) is 0 Å². The molecule has 0 aliphatic rings. The third-order valence-electron chi connectivity index (χ3n) is 4.59. The van der Waals surface area contributed by atoms with Crippen molar-refractivity contribution < 1.29 is 9.59 Å². The summed E-state index contributed by atoms with van der Waals surface area (Å²) in [5, 5.41) is 3.79. The van der Waals surface area contributed by atoms with Gasteiger partial charge in [-0.2, -0.15) is 0 Å². The van der Waals surface area contributed by atoms with E-state index in [9.17, 15) is 9.59 Å². The molecule has 2 amide bonds. The van der Waals surface area contributed by atoms with Crippen LogP contribution in [0.4, 0.5) is 0 Å². The lowest BCUT2D eigenvalue weighted by Gasteiger charge is -2.31. The lowest BCUT2D eigenvalue weighted by Crippen LogP contribution is -2.50. The van der Waals surface area contributed by atoms with Crippen molar-refractivity contribution >= 4 is 35.0 Å². The molecule has 0 spiro atoms. The normalized spacial score (nSPS) is 12.0. The van der Waals surface area contributed by atoms with Gasteiger partial charge in [0.15, 0.2) is 0 Å². The van der Waals surface area contributed by atoms with E-state index in [0.717, 1.165) is 16.7 Å². The van der Waals surface area contributed by atoms with E-state index in [1.807, 2.05) is 52.0 Å². The number of benzene rings is 2. The van der Waals surface area contributed by atoms with Crippen molar-refractivity contribution in [1.82, 2.24) is 10.2 Å². The second kappa shape index (κ2) is 10.7. The van der Waals surface area contributed by atoms with Gasteiger partial charge >= 0.3 is 0 Å². The van der Waals surface area contributed by atoms with E-state index in [1.165, 1.54) is 0 Å². The Morgan fingerprint density at radius 1 is 1.03 bits per heavy atom. The standard InChI is InChI=1S/C23H28Cl2N2O2/c1-5-21(23(29)26-15(2)3)27(14-18-8-6-7-16(4)11-18)22(28)13-17-9-10-19(24)20(25)12-17/h6-12,15,21H,5,13-14H2,1-4H3,(H,26,29). The van der Waals surface area contributed by atoms with Crippen LogP contribution in [0.15, 0.2) is 42.5 Å². The highest BCUT2D eigenvalue weighted by Crippen LogP contribution is 2.23. The quantitative estimate of drug-likeness (QED) is 0.622. The van der Waals surface area contributed by atoms with Crippen LogP contribution in [0, 0.1) is 6.92 Å². The smallest absolute Gasteiger partial charge is 0.243 e. The molecule has 1 unspecified atom stereocenters. The molecular formula is C23H28Cl2N2O2. The molecule has 156 valence electrons. The molecule has 0 aliphatic heterocycles. The number of carbonyl (C=O) groups is 2. The van der Waals surface area contributed by atoms with E-state index < -0.39 is 6.04 Å². The summed E-state index contributed by atoms with van der Waals surface area (Å²) in [7, 11) is 0. The van der Waals surface area contributed by atoms with Gasteiger partial charge in [0.2, 0.25) is 11.8 Å². The molecule has 0 aliphatic carbocycles. The number of aryl methyl sites for hydroxylation is 1. The Balaban J connectivity index is 2.31. The van der Waals surface area contributed by atoms with E-state index in [4.69, 9.17) is 23.2 Å². The van der Waals surface area contributed by atoms with Crippen molar-refractivity contribution in [2.24, 2.45) is 0 Å². The van der Waals surface area contributed by atoms with Gasteiger partial charge in [0, 0.05) is 12.6 Å². The molecule has 0 heterocycles. The highest BCUT2D eigenvalue weighted by atomic mass is 35.5. The predicted molar refractivity (Wildman–Crippen MR) is 119 cm³/mol. The third kappa shape index (κ3) is 6.76. The van der Waals surface area contributed by atoms with Gasteiger partial charge in [0.25, 0.3) is 0 Å². The zero-order valence-corrected chi connectivity index (χ0v) is 18.8. The molecule has 0 aromatic heterocycles. The summed E-state index contributed by atoms with van der Waals surface area (Å²) in [4.78, 5) is 27.7. The second-order valence-corrected chi connectivity index (χ2v) is 8.34. The number of carbonyl (C=O) groups excluding carboxylic acids is 2. The van der Waals surface area contributed by atoms with Gasteiger partial charge in [-0.1, -0.05) is 66.0 Å². The van der Waals surface area contributed by atoms with Crippen LogP contribution < -0.4 is 5.32 Å². The summed E-state index contributed by atoms with van der Waals surface area (Å²) in [6, 6.07) is 12.6. The van der Waals surface area contributed by atoms with Crippen molar-refractivity contribution in [3.8, 4) is 0 Å². The minimum atomic E-state index is -0.548. The van der Waals surface area contributed by atoms with E-state index in [-0.39, 0.29) is 24.3 Å². The van der Waals surface area contributed by atoms with E-state index in [0.29, 0.717) is 23.0 Å². The van der Waals surface area contributed by atoms with Gasteiger partial charge in [0.1, 0.15) is 6.04 Å². The van der Waals surface area contributed by atoms with Crippen molar-refractivity contribution in [1.29, 1.82) is 0 Å². The molecule has 0 saturated heterocycles. The first-order chi connectivity index (χ1) is 13.7. The topological polar surface area (TPSA) is 49.4 Å². The molecule has 1 N–H and O–H groups in total. The van der Waals surface area contributed by atoms with Crippen molar-refractivity contribution in [3.63, 3.8) is 0 Å². The molecule has 0 saturated carbocycles. The summed E-state index contributed by atoms with van der Waals surface area (Å²) in [6.07, 6.45) is 0.672. The van der Waals surface area contributed by atoms with Gasteiger partial charge in [-0.25, -0.2) is 0 Å². The molecule has 2 rings (SSSR count). The number of rotatable bonds is 8. The Morgan fingerprint density at radius 3 is 2.34 bits per heavy atom. The van der Waals surface area contributed by atoms with Gasteiger partial charge in [-0.05, 0) is 50.5 Å². The maximum absolute atomic E-state index is 13.3. The number of nitrogens with one attached hydrogen (secondary N) is 1. The number of nitrogens with zero attached hydrogens (tertiary/aromatic N) is 1. The Labute approximate surface area is 183 Å². The summed E-state index contributed by atoms with van der Waals surface area (Å²) in [5.41, 5.74) is 2.86. The maximum atomic E-state index is 13.3. The highest BCUT2D eigenvalue weighted by molar-refractivity contribution is 6.42. The first-order valence-corrected chi connectivity index (χ1v) is 10.6. The summed E-state index contributed by atoms with van der Waals surface area (Å²) in [5.74, 6) is -0.270. The van der Waals surface area contributed by atoms with Crippen molar-refractivity contribution in [2.75, 3.05) is 0 Å². The first-order valence-electron chi connectivity index (χ1n) is 9.80. The van der Waals surface area contributed by atoms with E-state index in [2.05, 4.69) is 5.32 Å². The predicted octanol–water partition coefficient (Wildman–Crippen LogP) is 5.18. The molecule has 6 heteroatoms. The molecule has 2 aromatic carbocycles.